The second kappa shape index (κ2) is 11.1. The molecule has 10 heteroatoms. The molecular weight excluding hydrogens is 525 g/mol. The van der Waals surface area contributed by atoms with Gasteiger partial charge in [-0.15, -0.1) is 11.3 Å². The van der Waals surface area contributed by atoms with Crippen molar-refractivity contribution in [3.63, 3.8) is 0 Å². The largest absolute Gasteiger partial charge is 0.416 e. The maximum atomic E-state index is 13.6. The zero-order chi connectivity index (χ0) is 27.6. The summed E-state index contributed by atoms with van der Waals surface area (Å²) in [5, 5.41) is 5.75. The summed E-state index contributed by atoms with van der Waals surface area (Å²) in [6.45, 7) is 3.64. The number of alkyl halides is 3. The van der Waals surface area contributed by atoms with Gasteiger partial charge in [0, 0.05) is 43.3 Å². The standard InChI is InChI=1S/C29H29F3N4O2S/c1-20-19-34(15-16-35(20)28(38)33-24-11-9-23(10-12-24)29(30,31)32)26(37)25-18-22-13-17-39-27(22)36(25)14-5-8-21-6-3-2-4-7-21/h2-4,6-7,9-13,17-18,20H,5,8,14-16,19H2,1H3,(H,33,38). The third-order valence-corrected chi connectivity index (χ3v) is 8.00. The summed E-state index contributed by atoms with van der Waals surface area (Å²) in [6.07, 6.45) is -2.61. The topological polar surface area (TPSA) is 57.6 Å². The Hall–Kier alpha value is -3.79. The summed E-state index contributed by atoms with van der Waals surface area (Å²) in [7, 11) is 0. The molecule has 39 heavy (non-hydrogen) atoms. The highest BCUT2D eigenvalue weighted by atomic mass is 32.1. The molecule has 2 aromatic heterocycles. The van der Waals surface area contributed by atoms with Gasteiger partial charge in [0.15, 0.2) is 0 Å². The normalized spacial score (nSPS) is 16.1. The van der Waals surface area contributed by atoms with Crippen molar-refractivity contribution >= 4 is 39.2 Å². The van der Waals surface area contributed by atoms with Gasteiger partial charge in [0.05, 0.1) is 5.56 Å². The summed E-state index contributed by atoms with van der Waals surface area (Å²) >= 11 is 1.62. The van der Waals surface area contributed by atoms with E-state index in [0.29, 0.717) is 25.3 Å². The van der Waals surface area contributed by atoms with E-state index < -0.39 is 17.8 Å². The van der Waals surface area contributed by atoms with E-state index in [1.165, 1.54) is 17.7 Å². The number of hydrogen-bond acceptors (Lipinski definition) is 3. The molecule has 3 heterocycles. The Labute approximate surface area is 228 Å². The third kappa shape index (κ3) is 5.95. The van der Waals surface area contributed by atoms with Gasteiger partial charge in [0.2, 0.25) is 0 Å². The number of benzene rings is 2. The molecule has 2 aromatic carbocycles. The van der Waals surface area contributed by atoms with Crippen LogP contribution in [0.2, 0.25) is 0 Å². The first kappa shape index (κ1) is 26.8. The lowest BCUT2D eigenvalue weighted by molar-refractivity contribution is -0.137. The Kier molecular flexibility index (Phi) is 7.65. The molecule has 0 radical (unpaired) electrons. The zero-order valence-electron chi connectivity index (χ0n) is 21.4. The van der Waals surface area contributed by atoms with E-state index in [1.54, 1.807) is 21.1 Å². The van der Waals surface area contributed by atoms with E-state index >= 15 is 0 Å². The number of carbonyl (C=O) groups excluding carboxylic acids is 2. The number of aryl methyl sites for hydroxylation is 2. The van der Waals surface area contributed by atoms with Crippen molar-refractivity contribution in [2.75, 3.05) is 25.0 Å². The number of rotatable bonds is 6. The van der Waals surface area contributed by atoms with Gasteiger partial charge in [-0.05, 0) is 67.1 Å². The molecule has 204 valence electrons. The fraction of sp³-hybridized carbons (Fsp3) is 0.310. The Morgan fingerprint density at radius 1 is 1.03 bits per heavy atom. The number of fused-ring (bicyclic) bond motifs is 1. The number of nitrogens with zero attached hydrogens (tertiary/aromatic N) is 3. The number of nitrogens with one attached hydrogen (secondary N) is 1. The number of amides is 3. The fourth-order valence-corrected chi connectivity index (χ4v) is 5.93. The second-order valence-electron chi connectivity index (χ2n) is 9.75. The molecular formula is C29H29F3N4O2S. The van der Waals surface area contributed by atoms with Gasteiger partial charge >= 0.3 is 12.2 Å². The van der Waals surface area contributed by atoms with E-state index in [-0.39, 0.29) is 17.6 Å². The number of anilines is 1. The van der Waals surface area contributed by atoms with Crippen molar-refractivity contribution in [2.24, 2.45) is 0 Å². The Morgan fingerprint density at radius 3 is 2.46 bits per heavy atom. The number of urea groups is 1. The fourth-order valence-electron chi connectivity index (χ4n) is 5.00. The Bertz CT molecular complexity index is 1450. The molecule has 1 unspecified atom stereocenters. The van der Waals surface area contributed by atoms with Crippen LogP contribution in [-0.2, 0) is 19.1 Å². The molecule has 1 atom stereocenters. The molecule has 0 bridgehead atoms. The van der Waals surface area contributed by atoms with Gasteiger partial charge in [-0.1, -0.05) is 30.3 Å². The minimum absolute atomic E-state index is 0.0623. The summed E-state index contributed by atoms with van der Waals surface area (Å²) in [5.74, 6) is -0.0623. The van der Waals surface area contributed by atoms with Crippen molar-refractivity contribution in [1.82, 2.24) is 14.4 Å². The number of thiophene rings is 1. The van der Waals surface area contributed by atoms with Crippen LogP contribution in [0.4, 0.5) is 23.7 Å². The quantitative estimate of drug-likeness (QED) is 0.287. The molecule has 1 aliphatic heterocycles. The Balaban J connectivity index is 1.22. The number of carbonyl (C=O) groups is 2. The number of halogens is 3. The lowest BCUT2D eigenvalue weighted by Crippen LogP contribution is -2.56. The van der Waals surface area contributed by atoms with E-state index in [1.807, 2.05) is 42.6 Å². The molecule has 1 saturated heterocycles. The first-order chi connectivity index (χ1) is 18.7. The first-order valence-corrected chi connectivity index (χ1v) is 13.7. The first-order valence-electron chi connectivity index (χ1n) is 12.9. The van der Waals surface area contributed by atoms with Gasteiger partial charge in [-0.2, -0.15) is 13.2 Å². The molecule has 5 rings (SSSR count). The van der Waals surface area contributed by atoms with Crippen LogP contribution < -0.4 is 5.32 Å². The molecule has 6 nitrogen and oxygen atoms in total. The van der Waals surface area contributed by atoms with Crippen LogP contribution in [0.5, 0.6) is 0 Å². The molecule has 1 aliphatic rings. The summed E-state index contributed by atoms with van der Waals surface area (Å²) in [6, 6.07) is 17.9. The van der Waals surface area contributed by atoms with Gasteiger partial charge in [0.25, 0.3) is 5.91 Å². The summed E-state index contributed by atoms with van der Waals surface area (Å²) < 4.78 is 40.6. The minimum atomic E-state index is -4.43. The average molecular weight is 555 g/mol. The third-order valence-electron chi connectivity index (χ3n) is 7.05. The molecule has 0 saturated carbocycles. The van der Waals surface area contributed by atoms with Crippen LogP contribution in [0, 0.1) is 0 Å². The minimum Gasteiger partial charge on any atom is -0.334 e. The van der Waals surface area contributed by atoms with Crippen LogP contribution in [0.15, 0.2) is 72.1 Å². The van der Waals surface area contributed by atoms with Crippen LogP contribution in [0.3, 0.4) is 0 Å². The number of hydrogen-bond donors (Lipinski definition) is 1. The number of piperazine rings is 1. The number of aromatic nitrogens is 1. The van der Waals surface area contributed by atoms with Crippen molar-refractivity contribution in [1.29, 1.82) is 0 Å². The van der Waals surface area contributed by atoms with E-state index in [4.69, 9.17) is 0 Å². The van der Waals surface area contributed by atoms with Crippen LogP contribution in [0.25, 0.3) is 10.2 Å². The zero-order valence-corrected chi connectivity index (χ0v) is 22.3. The monoisotopic (exact) mass is 554 g/mol. The molecule has 0 aliphatic carbocycles. The lowest BCUT2D eigenvalue weighted by Gasteiger charge is -2.39. The predicted octanol–water partition coefficient (Wildman–Crippen LogP) is 6.73. The van der Waals surface area contributed by atoms with Gasteiger partial charge in [-0.3, -0.25) is 4.79 Å². The van der Waals surface area contributed by atoms with Crippen molar-refractivity contribution in [3.8, 4) is 0 Å². The molecule has 4 aromatic rings. The van der Waals surface area contributed by atoms with Crippen LogP contribution >= 0.6 is 11.3 Å². The van der Waals surface area contributed by atoms with Crippen LogP contribution in [0.1, 0.15) is 35.0 Å². The predicted molar refractivity (Wildman–Crippen MR) is 147 cm³/mol. The maximum Gasteiger partial charge on any atom is 0.416 e. The van der Waals surface area contributed by atoms with Crippen LogP contribution in [-0.4, -0.2) is 52.0 Å². The van der Waals surface area contributed by atoms with Gasteiger partial charge in [0.1, 0.15) is 10.5 Å². The molecule has 0 spiro atoms. The molecule has 1 fully saturated rings. The van der Waals surface area contributed by atoms with Crippen molar-refractivity contribution in [2.45, 2.75) is 38.5 Å². The molecule has 3 amide bonds. The highest BCUT2D eigenvalue weighted by Crippen LogP contribution is 2.30. The Morgan fingerprint density at radius 2 is 1.77 bits per heavy atom. The average Bonchev–Trinajstić information content (AvgIpc) is 3.51. The highest BCUT2D eigenvalue weighted by molar-refractivity contribution is 7.16. The highest BCUT2D eigenvalue weighted by Gasteiger charge is 2.33. The van der Waals surface area contributed by atoms with Gasteiger partial charge < -0.3 is 19.7 Å². The lowest BCUT2D eigenvalue weighted by atomic mass is 10.1. The molecule has 1 N–H and O–H groups in total. The van der Waals surface area contributed by atoms with Crippen molar-refractivity contribution < 1.29 is 22.8 Å². The second-order valence-corrected chi connectivity index (χ2v) is 10.6. The van der Waals surface area contributed by atoms with E-state index in [9.17, 15) is 22.8 Å². The summed E-state index contributed by atoms with van der Waals surface area (Å²) in [5.41, 5.74) is 1.43. The summed E-state index contributed by atoms with van der Waals surface area (Å²) in [4.78, 5) is 31.0. The van der Waals surface area contributed by atoms with E-state index in [2.05, 4.69) is 22.0 Å². The van der Waals surface area contributed by atoms with Gasteiger partial charge in [-0.25, -0.2) is 4.79 Å². The smallest absolute Gasteiger partial charge is 0.334 e. The van der Waals surface area contributed by atoms with Crippen molar-refractivity contribution in [3.05, 3.63) is 88.9 Å². The SMILES string of the molecule is CC1CN(C(=O)c2cc3ccsc3n2CCCc2ccccc2)CCN1C(=O)Nc1ccc(C(F)(F)F)cc1. The maximum absolute atomic E-state index is 13.6. The van der Waals surface area contributed by atoms with E-state index in [0.717, 1.165) is 41.7 Å².